The van der Waals surface area contributed by atoms with Crippen molar-refractivity contribution in [3.8, 4) is 0 Å². The van der Waals surface area contributed by atoms with Gasteiger partial charge in [0.2, 0.25) is 0 Å². The molecule has 17 heavy (non-hydrogen) atoms. The van der Waals surface area contributed by atoms with Crippen LogP contribution in [0, 0.1) is 0 Å². The first-order chi connectivity index (χ1) is 7.94. The predicted molar refractivity (Wildman–Crippen MR) is 60.7 cm³/mol. The number of hydrogen-bond acceptors (Lipinski definition) is 4. The third-order valence-electron chi connectivity index (χ3n) is 2.28. The van der Waals surface area contributed by atoms with Crippen molar-refractivity contribution in [2.45, 2.75) is 16.4 Å². The minimum absolute atomic E-state index is 0.0417. The molecule has 92 valence electrons. The second-order valence-electron chi connectivity index (χ2n) is 3.54. The van der Waals surface area contributed by atoms with Gasteiger partial charge in [-0.2, -0.15) is 13.2 Å². The molecule has 1 aliphatic heterocycles. The zero-order valence-electron chi connectivity index (χ0n) is 8.66. The summed E-state index contributed by atoms with van der Waals surface area (Å²) in [5.41, 5.74) is 2.09. The second-order valence-corrected chi connectivity index (χ2v) is 4.68. The lowest BCUT2D eigenvalue weighted by Crippen LogP contribution is -2.29. The molecule has 0 radical (unpaired) electrons. The molecule has 0 saturated heterocycles. The Morgan fingerprint density at radius 1 is 1.29 bits per heavy atom. The Labute approximate surface area is 100 Å². The summed E-state index contributed by atoms with van der Waals surface area (Å²) >= 11 is -0.121. The molecular weight excluding hydrogens is 251 g/mol. The van der Waals surface area contributed by atoms with Crippen molar-refractivity contribution in [2.24, 2.45) is 10.7 Å². The molecule has 3 nitrogen and oxygen atoms in total. The van der Waals surface area contributed by atoms with E-state index in [1.54, 1.807) is 12.1 Å². The Hall–Kier alpha value is -1.37. The zero-order valence-corrected chi connectivity index (χ0v) is 9.48. The van der Waals surface area contributed by atoms with Gasteiger partial charge in [-0.15, -0.1) is 0 Å². The van der Waals surface area contributed by atoms with Crippen LogP contribution >= 0.6 is 11.8 Å². The van der Waals surface area contributed by atoms with Crippen LogP contribution in [0.4, 0.5) is 13.2 Å². The quantitative estimate of drug-likeness (QED) is 0.803. The number of nitrogens with one attached hydrogen (secondary N) is 1. The maximum atomic E-state index is 12.1. The van der Waals surface area contributed by atoms with Crippen LogP contribution in [0.3, 0.4) is 0 Å². The van der Waals surface area contributed by atoms with Crippen molar-refractivity contribution in [1.29, 1.82) is 0 Å². The van der Waals surface area contributed by atoms with Crippen LogP contribution in [0.15, 0.2) is 34.2 Å². The van der Waals surface area contributed by atoms with Crippen molar-refractivity contribution < 1.29 is 13.2 Å². The van der Waals surface area contributed by atoms with Gasteiger partial charge in [0.05, 0.1) is 12.6 Å². The number of alkyl halides is 3. The minimum atomic E-state index is -4.25. The zero-order chi connectivity index (χ0) is 12.5. The Bertz CT molecular complexity index is 427. The van der Waals surface area contributed by atoms with E-state index in [2.05, 4.69) is 10.3 Å². The fourth-order valence-electron chi connectivity index (χ4n) is 1.55. The van der Waals surface area contributed by atoms with Gasteiger partial charge in [0.15, 0.2) is 5.96 Å². The normalized spacial score (nSPS) is 19.9. The molecule has 2 rings (SSSR count). The summed E-state index contributed by atoms with van der Waals surface area (Å²) in [6.07, 6.45) is 0. The fraction of sp³-hybridized carbons (Fsp3) is 0.300. The standard InChI is InChI=1S/C10H10F3N3S/c11-10(12,13)17-7-3-1-6(2-4-7)8-5-15-9(14)16-8/h1-4,8H,5H2,(H3,14,15,16). The molecule has 0 saturated carbocycles. The van der Waals surface area contributed by atoms with Crippen LogP contribution in [0.1, 0.15) is 11.6 Å². The van der Waals surface area contributed by atoms with Crippen LogP contribution in [-0.4, -0.2) is 18.0 Å². The van der Waals surface area contributed by atoms with Gasteiger partial charge in [-0.1, -0.05) is 12.1 Å². The monoisotopic (exact) mass is 261 g/mol. The number of halogens is 3. The van der Waals surface area contributed by atoms with Crippen LogP contribution in [0.25, 0.3) is 0 Å². The Balaban J connectivity index is 2.04. The molecule has 7 heteroatoms. The lowest BCUT2D eigenvalue weighted by molar-refractivity contribution is -0.0328. The third kappa shape index (κ3) is 3.29. The van der Waals surface area contributed by atoms with Crippen molar-refractivity contribution in [3.63, 3.8) is 0 Å². The molecule has 1 atom stereocenters. The second kappa shape index (κ2) is 4.48. The number of nitrogens with two attached hydrogens (primary N) is 1. The summed E-state index contributed by atoms with van der Waals surface area (Å²) in [6, 6.07) is 6.16. The van der Waals surface area contributed by atoms with Gasteiger partial charge in [-0.25, -0.2) is 0 Å². The first kappa shape index (κ1) is 12.1. The average Bonchev–Trinajstić information content (AvgIpc) is 2.63. The van der Waals surface area contributed by atoms with E-state index in [0.29, 0.717) is 12.5 Å². The van der Waals surface area contributed by atoms with E-state index in [1.807, 2.05) is 0 Å². The van der Waals surface area contributed by atoms with Gasteiger partial charge < -0.3 is 11.1 Å². The van der Waals surface area contributed by atoms with E-state index in [0.717, 1.165) is 5.56 Å². The van der Waals surface area contributed by atoms with Gasteiger partial charge in [0, 0.05) is 4.90 Å². The van der Waals surface area contributed by atoms with Crippen molar-refractivity contribution in [2.75, 3.05) is 6.54 Å². The van der Waals surface area contributed by atoms with Gasteiger partial charge in [0.1, 0.15) is 0 Å². The SMILES string of the molecule is NC1=NCC(c2ccc(SC(F)(F)F)cc2)N1. The molecular formula is C10H10F3N3S. The number of rotatable bonds is 2. The number of thioether (sulfide) groups is 1. The van der Waals surface area contributed by atoms with E-state index in [-0.39, 0.29) is 22.7 Å². The largest absolute Gasteiger partial charge is 0.446 e. The van der Waals surface area contributed by atoms with Crippen LogP contribution in [0.2, 0.25) is 0 Å². The topological polar surface area (TPSA) is 50.4 Å². The number of hydrogen-bond donors (Lipinski definition) is 2. The van der Waals surface area contributed by atoms with E-state index < -0.39 is 5.51 Å². The Morgan fingerprint density at radius 3 is 2.41 bits per heavy atom. The molecule has 0 aliphatic carbocycles. The summed E-state index contributed by atoms with van der Waals surface area (Å²) in [5.74, 6) is 0.365. The number of aliphatic imine (C=N–C) groups is 1. The van der Waals surface area contributed by atoms with Crippen molar-refractivity contribution >= 4 is 17.7 Å². The van der Waals surface area contributed by atoms with Gasteiger partial charge in [-0.05, 0) is 29.5 Å². The fourth-order valence-corrected chi connectivity index (χ4v) is 2.09. The molecule has 1 heterocycles. The van der Waals surface area contributed by atoms with E-state index in [9.17, 15) is 13.2 Å². The summed E-state index contributed by atoms with van der Waals surface area (Å²) in [4.78, 5) is 4.15. The highest BCUT2D eigenvalue weighted by atomic mass is 32.2. The molecule has 1 aromatic carbocycles. The van der Waals surface area contributed by atoms with E-state index >= 15 is 0 Å². The molecule has 3 N–H and O–H groups in total. The average molecular weight is 261 g/mol. The number of nitrogens with zero attached hydrogens (tertiary/aromatic N) is 1. The summed E-state index contributed by atoms with van der Waals surface area (Å²) in [6.45, 7) is 0.512. The highest BCUT2D eigenvalue weighted by Gasteiger charge is 2.29. The van der Waals surface area contributed by atoms with Crippen LogP contribution < -0.4 is 11.1 Å². The minimum Gasteiger partial charge on any atom is -0.370 e. The molecule has 1 aliphatic rings. The summed E-state index contributed by atoms with van der Waals surface area (Å²) in [5, 5.41) is 2.94. The first-order valence-electron chi connectivity index (χ1n) is 4.86. The number of guanidine groups is 1. The van der Waals surface area contributed by atoms with Crippen molar-refractivity contribution in [3.05, 3.63) is 29.8 Å². The summed E-state index contributed by atoms with van der Waals surface area (Å²) in [7, 11) is 0. The molecule has 1 aromatic rings. The first-order valence-corrected chi connectivity index (χ1v) is 5.68. The number of benzene rings is 1. The smallest absolute Gasteiger partial charge is 0.370 e. The Kier molecular flexibility index (Phi) is 3.19. The molecule has 1 unspecified atom stereocenters. The predicted octanol–water partition coefficient (Wildman–Crippen LogP) is 2.26. The highest BCUT2D eigenvalue weighted by molar-refractivity contribution is 8.00. The Morgan fingerprint density at radius 2 is 1.94 bits per heavy atom. The molecule has 0 fully saturated rings. The van der Waals surface area contributed by atoms with Gasteiger partial charge >= 0.3 is 5.51 Å². The maximum Gasteiger partial charge on any atom is 0.446 e. The van der Waals surface area contributed by atoms with Crippen molar-refractivity contribution in [1.82, 2.24) is 5.32 Å². The highest BCUT2D eigenvalue weighted by Crippen LogP contribution is 2.37. The van der Waals surface area contributed by atoms with Gasteiger partial charge in [-0.3, -0.25) is 4.99 Å². The van der Waals surface area contributed by atoms with Crippen LogP contribution in [-0.2, 0) is 0 Å². The van der Waals surface area contributed by atoms with E-state index in [4.69, 9.17) is 5.73 Å². The van der Waals surface area contributed by atoms with Crippen LogP contribution in [0.5, 0.6) is 0 Å². The van der Waals surface area contributed by atoms with E-state index in [1.165, 1.54) is 12.1 Å². The molecule has 0 bridgehead atoms. The molecule has 0 spiro atoms. The molecule has 0 amide bonds. The summed E-state index contributed by atoms with van der Waals surface area (Å²) < 4.78 is 36.3. The molecule has 0 aromatic heterocycles. The third-order valence-corrected chi connectivity index (χ3v) is 3.02. The lowest BCUT2D eigenvalue weighted by Gasteiger charge is -2.12. The lowest BCUT2D eigenvalue weighted by atomic mass is 10.1. The van der Waals surface area contributed by atoms with Gasteiger partial charge in [0.25, 0.3) is 0 Å². The maximum absolute atomic E-state index is 12.1.